The van der Waals surface area contributed by atoms with Crippen LogP contribution in [0.1, 0.15) is 23.3 Å². The molecule has 5 nitrogen and oxygen atoms in total. The zero-order valence-corrected chi connectivity index (χ0v) is 18.5. The second-order valence-electron chi connectivity index (χ2n) is 7.79. The predicted molar refractivity (Wildman–Crippen MR) is 128 cm³/mol. The van der Waals surface area contributed by atoms with Gasteiger partial charge in [0.2, 0.25) is 10.0 Å². The third-order valence-electron chi connectivity index (χ3n) is 5.78. The van der Waals surface area contributed by atoms with Crippen LogP contribution in [0.2, 0.25) is 0 Å². The Labute approximate surface area is 193 Å². The zero-order valence-electron chi connectivity index (χ0n) is 17.7. The van der Waals surface area contributed by atoms with Gasteiger partial charge in [0, 0.05) is 5.69 Å². The monoisotopic (exact) mass is 454 g/mol. The molecule has 5 rings (SSSR count). The smallest absolute Gasteiger partial charge is 0.251 e. The molecule has 164 valence electrons. The largest absolute Gasteiger partial charge is 0.289 e. The second kappa shape index (κ2) is 8.65. The van der Waals surface area contributed by atoms with E-state index in [2.05, 4.69) is 0 Å². The van der Waals surface area contributed by atoms with Crippen molar-refractivity contribution in [2.24, 2.45) is 0 Å². The third kappa shape index (κ3) is 3.73. The molecule has 1 aliphatic heterocycles. The number of nitrogens with zero attached hydrogens (tertiary/aromatic N) is 2. The molecule has 0 aromatic heterocycles. The van der Waals surface area contributed by atoms with E-state index >= 15 is 0 Å². The van der Waals surface area contributed by atoms with E-state index in [1.54, 1.807) is 47.4 Å². The standard InChI is InChI=1S/C27H22N2O3S/c30-27-25(21-13-5-1-6-14-21)29(33(31,32)24-19-11-4-12-20-24)26(22-15-7-2-8-16-22)28(27)23-17-9-3-10-18-23/h1-20,25-26H. The minimum Gasteiger partial charge on any atom is -0.289 e. The Balaban J connectivity index is 1.78. The van der Waals surface area contributed by atoms with E-state index in [1.165, 1.54) is 4.31 Å². The van der Waals surface area contributed by atoms with Crippen LogP contribution in [0.15, 0.2) is 126 Å². The molecule has 2 unspecified atom stereocenters. The lowest BCUT2D eigenvalue weighted by Gasteiger charge is -2.31. The summed E-state index contributed by atoms with van der Waals surface area (Å²) in [5.74, 6) is -0.291. The highest BCUT2D eigenvalue weighted by molar-refractivity contribution is 7.89. The van der Waals surface area contributed by atoms with Crippen molar-refractivity contribution in [3.63, 3.8) is 0 Å². The number of carbonyl (C=O) groups is 1. The molecule has 2 atom stereocenters. The molecule has 1 saturated heterocycles. The lowest BCUT2D eigenvalue weighted by molar-refractivity contribution is -0.119. The number of anilines is 1. The third-order valence-corrected chi connectivity index (χ3v) is 7.61. The van der Waals surface area contributed by atoms with Gasteiger partial charge in [-0.05, 0) is 35.4 Å². The summed E-state index contributed by atoms with van der Waals surface area (Å²) < 4.78 is 29.5. The molecule has 0 N–H and O–H groups in total. The van der Waals surface area contributed by atoms with E-state index < -0.39 is 22.2 Å². The molecule has 0 saturated carbocycles. The van der Waals surface area contributed by atoms with Crippen LogP contribution >= 0.6 is 0 Å². The number of sulfonamides is 1. The van der Waals surface area contributed by atoms with Gasteiger partial charge in [-0.2, -0.15) is 4.31 Å². The fraction of sp³-hybridized carbons (Fsp3) is 0.0741. The average Bonchev–Trinajstić information content (AvgIpc) is 3.20. The van der Waals surface area contributed by atoms with Crippen LogP contribution in [0.5, 0.6) is 0 Å². The average molecular weight is 455 g/mol. The van der Waals surface area contributed by atoms with Crippen LogP contribution in [0.4, 0.5) is 5.69 Å². The first-order valence-electron chi connectivity index (χ1n) is 10.7. The number of hydrogen-bond acceptors (Lipinski definition) is 3. The summed E-state index contributed by atoms with van der Waals surface area (Å²) >= 11 is 0. The highest BCUT2D eigenvalue weighted by Crippen LogP contribution is 2.47. The lowest BCUT2D eigenvalue weighted by Crippen LogP contribution is -2.36. The molecule has 1 heterocycles. The topological polar surface area (TPSA) is 57.7 Å². The van der Waals surface area contributed by atoms with Crippen molar-refractivity contribution >= 4 is 21.6 Å². The van der Waals surface area contributed by atoms with Gasteiger partial charge in [0.25, 0.3) is 5.91 Å². The molecule has 1 fully saturated rings. The summed E-state index contributed by atoms with van der Waals surface area (Å²) in [6.45, 7) is 0. The second-order valence-corrected chi connectivity index (χ2v) is 9.63. The molecule has 6 heteroatoms. The van der Waals surface area contributed by atoms with Crippen LogP contribution in [0.3, 0.4) is 0 Å². The molecule has 0 aliphatic carbocycles. The summed E-state index contributed by atoms with van der Waals surface area (Å²) in [4.78, 5) is 15.7. The normalized spacial score (nSPS) is 19.0. The van der Waals surface area contributed by atoms with Gasteiger partial charge in [-0.1, -0.05) is 97.1 Å². The van der Waals surface area contributed by atoms with E-state index in [0.29, 0.717) is 16.8 Å². The zero-order chi connectivity index (χ0) is 22.8. The van der Waals surface area contributed by atoms with E-state index in [9.17, 15) is 13.2 Å². The minimum absolute atomic E-state index is 0.148. The van der Waals surface area contributed by atoms with Crippen LogP contribution in [0, 0.1) is 0 Å². The fourth-order valence-electron chi connectivity index (χ4n) is 4.30. The maximum atomic E-state index is 14.1. The van der Waals surface area contributed by atoms with E-state index in [1.807, 2.05) is 78.9 Å². The molecule has 1 aliphatic rings. The van der Waals surface area contributed by atoms with Crippen molar-refractivity contribution in [2.75, 3.05) is 4.90 Å². The Morgan fingerprint density at radius 2 is 1.03 bits per heavy atom. The highest BCUT2D eigenvalue weighted by Gasteiger charge is 2.53. The van der Waals surface area contributed by atoms with Gasteiger partial charge in [0.15, 0.2) is 0 Å². The number of benzene rings is 4. The SMILES string of the molecule is O=C1C(c2ccccc2)N(S(=O)(=O)c2ccccc2)C(c2ccccc2)N1c1ccccc1. The summed E-state index contributed by atoms with van der Waals surface area (Å²) in [5.41, 5.74) is 1.98. The first kappa shape index (κ1) is 21.1. The summed E-state index contributed by atoms with van der Waals surface area (Å²) in [5, 5.41) is 0. The van der Waals surface area contributed by atoms with E-state index in [0.717, 1.165) is 0 Å². The van der Waals surface area contributed by atoms with Crippen molar-refractivity contribution in [1.29, 1.82) is 0 Å². The predicted octanol–water partition coefficient (Wildman–Crippen LogP) is 5.16. The van der Waals surface area contributed by atoms with Gasteiger partial charge in [0.1, 0.15) is 12.2 Å². The van der Waals surface area contributed by atoms with Gasteiger partial charge in [-0.3, -0.25) is 9.69 Å². The highest BCUT2D eigenvalue weighted by atomic mass is 32.2. The van der Waals surface area contributed by atoms with Crippen molar-refractivity contribution in [2.45, 2.75) is 17.1 Å². The van der Waals surface area contributed by atoms with Gasteiger partial charge in [-0.15, -0.1) is 0 Å². The number of amides is 1. The van der Waals surface area contributed by atoms with Crippen molar-refractivity contribution < 1.29 is 13.2 Å². The first-order chi connectivity index (χ1) is 16.1. The summed E-state index contributed by atoms with van der Waals surface area (Å²) in [6.07, 6.45) is -0.837. The van der Waals surface area contributed by atoms with Gasteiger partial charge in [-0.25, -0.2) is 8.42 Å². The Morgan fingerprint density at radius 1 is 0.576 bits per heavy atom. The Hall–Kier alpha value is -3.74. The summed E-state index contributed by atoms with van der Waals surface area (Å²) in [6, 6.07) is 34.9. The Morgan fingerprint density at radius 3 is 1.58 bits per heavy atom. The molecule has 0 spiro atoms. The van der Waals surface area contributed by atoms with Crippen molar-refractivity contribution in [3.05, 3.63) is 132 Å². The van der Waals surface area contributed by atoms with Crippen LogP contribution < -0.4 is 4.90 Å². The number of rotatable bonds is 5. The fourth-order valence-corrected chi connectivity index (χ4v) is 6.02. The van der Waals surface area contributed by atoms with Gasteiger partial charge >= 0.3 is 0 Å². The van der Waals surface area contributed by atoms with Gasteiger partial charge in [0.05, 0.1) is 4.90 Å². The molecule has 0 bridgehead atoms. The maximum Gasteiger partial charge on any atom is 0.251 e. The number of para-hydroxylation sites is 1. The lowest BCUT2D eigenvalue weighted by atomic mass is 10.1. The maximum absolute atomic E-state index is 14.1. The Bertz CT molecular complexity index is 1350. The van der Waals surface area contributed by atoms with Crippen LogP contribution in [0.25, 0.3) is 0 Å². The number of carbonyl (C=O) groups excluding carboxylic acids is 1. The molecule has 33 heavy (non-hydrogen) atoms. The van der Waals surface area contributed by atoms with E-state index in [-0.39, 0.29) is 10.8 Å². The van der Waals surface area contributed by atoms with Crippen molar-refractivity contribution in [1.82, 2.24) is 4.31 Å². The summed E-state index contributed by atoms with van der Waals surface area (Å²) in [7, 11) is -4.04. The van der Waals surface area contributed by atoms with Crippen LogP contribution in [-0.4, -0.2) is 18.6 Å². The molecule has 1 amide bonds. The molecular weight excluding hydrogens is 432 g/mol. The molecular formula is C27H22N2O3S. The number of hydrogen-bond donors (Lipinski definition) is 0. The first-order valence-corrected chi connectivity index (χ1v) is 12.1. The molecule has 4 aromatic rings. The molecule has 4 aromatic carbocycles. The van der Waals surface area contributed by atoms with E-state index in [4.69, 9.17) is 0 Å². The quantitative estimate of drug-likeness (QED) is 0.418. The van der Waals surface area contributed by atoms with Crippen molar-refractivity contribution in [3.8, 4) is 0 Å². The Kier molecular flexibility index (Phi) is 5.54. The van der Waals surface area contributed by atoms with Gasteiger partial charge < -0.3 is 0 Å². The minimum atomic E-state index is -4.04. The van der Waals surface area contributed by atoms with Crippen LogP contribution in [-0.2, 0) is 14.8 Å². The molecule has 0 radical (unpaired) electrons.